The maximum absolute atomic E-state index is 11.5. The Hall–Kier alpha value is -1.51. The highest BCUT2D eigenvalue weighted by atomic mass is 28.4. The molecule has 0 radical (unpaired) electrons. The van der Waals surface area contributed by atoms with E-state index in [2.05, 4.69) is 144 Å². The molecule has 296 valence electrons. The lowest BCUT2D eigenvalue weighted by Crippen LogP contribution is -2.49. The Kier molecular flexibility index (Phi) is 12.4. The summed E-state index contributed by atoms with van der Waals surface area (Å²) in [5.41, 5.74) is 6.98. The number of fused-ring (bicyclic) bond motifs is 1. The standard InChI is InChI=1S/C48H78O3Si2/c1-33(2)36-21-23-39(24-22-36)48(29-30-48)44(49)27-18-34(3)41-25-26-42-37(17-16-28-47(41,42)11)19-20-38-31-40(50-52(12,13)45(5,6)7)32-43(35(38)4)51-53(14,15)46(8,9)10/h18-24,27,33-34,40-44,49H,4,16-17,25-26,28-32H2,1-3,5-15H3/t34-,40-,41-,42+,43+,44+,47-/m1/s1. The topological polar surface area (TPSA) is 38.7 Å². The van der Waals surface area contributed by atoms with Crippen molar-refractivity contribution in [1.29, 1.82) is 0 Å². The average Bonchev–Trinajstić information content (AvgIpc) is 3.78. The Bertz CT molecular complexity index is 1540. The maximum Gasteiger partial charge on any atom is 0.192 e. The second-order valence-electron chi connectivity index (χ2n) is 21.5. The van der Waals surface area contributed by atoms with Gasteiger partial charge in [-0.1, -0.05) is 130 Å². The van der Waals surface area contributed by atoms with E-state index < -0.39 is 22.7 Å². The SMILES string of the molecule is C=C1C(=CC=C2CCC[C@]3(C)[C@@H]([C@H](C)C=C[C@H](O)C4(c5ccc(C(C)C)cc5)CC4)CC[C@@H]23)C[C@@H](O[Si](C)(C)C(C)(C)C)C[C@@H]1O[Si](C)(C)C(C)(C)C. The monoisotopic (exact) mass is 759 g/mol. The Morgan fingerprint density at radius 2 is 1.45 bits per heavy atom. The summed E-state index contributed by atoms with van der Waals surface area (Å²) in [5.74, 6) is 2.21. The molecule has 4 saturated carbocycles. The van der Waals surface area contributed by atoms with Crippen LogP contribution in [0.25, 0.3) is 0 Å². The van der Waals surface area contributed by atoms with E-state index in [4.69, 9.17) is 15.4 Å². The number of hydrogen-bond donors (Lipinski definition) is 1. The third kappa shape index (κ3) is 8.90. The van der Waals surface area contributed by atoms with Gasteiger partial charge in [0.1, 0.15) is 0 Å². The molecule has 5 rings (SSSR count). The first-order valence-corrected chi connectivity index (χ1v) is 27.1. The molecule has 0 aromatic heterocycles. The number of hydrogen-bond acceptors (Lipinski definition) is 3. The van der Waals surface area contributed by atoms with Gasteiger partial charge < -0.3 is 14.0 Å². The van der Waals surface area contributed by atoms with Crippen molar-refractivity contribution in [3.05, 3.63) is 83.0 Å². The summed E-state index contributed by atoms with van der Waals surface area (Å²) in [6.07, 6.45) is 19.4. The van der Waals surface area contributed by atoms with Crippen LogP contribution in [-0.2, 0) is 14.3 Å². The first kappa shape index (κ1) is 42.6. The first-order valence-electron chi connectivity index (χ1n) is 21.3. The summed E-state index contributed by atoms with van der Waals surface area (Å²) in [6.45, 7) is 37.7. The predicted molar refractivity (Wildman–Crippen MR) is 233 cm³/mol. The van der Waals surface area contributed by atoms with Crippen molar-refractivity contribution < 1.29 is 14.0 Å². The molecule has 7 atom stereocenters. The Labute approximate surface area is 328 Å². The zero-order valence-corrected chi connectivity index (χ0v) is 38.5. The molecular formula is C48H78O3Si2. The largest absolute Gasteiger partial charge is 0.413 e. The highest BCUT2D eigenvalue weighted by molar-refractivity contribution is 6.74. The summed E-state index contributed by atoms with van der Waals surface area (Å²) in [4.78, 5) is 0. The predicted octanol–water partition coefficient (Wildman–Crippen LogP) is 13.6. The third-order valence-electron chi connectivity index (χ3n) is 15.5. The zero-order valence-electron chi connectivity index (χ0n) is 36.5. The molecule has 53 heavy (non-hydrogen) atoms. The van der Waals surface area contributed by atoms with Crippen LogP contribution in [0.15, 0.2) is 71.9 Å². The minimum Gasteiger partial charge on any atom is -0.413 e. The van der Waals surface area contributed by atoms with E-state index in [0.717, 1.165) is 25.7 Å². The van der Waals surface area contributed by atoms with Gasteiger partial charge in [0.25, 0.3) is 0 Å². The summed E-state index contributed by atoms with van der Waals surface area (Å²) >= 11 is 0. The highest BCUT2D eigenvalue weighted by Gasteiger charge is 2.52. The van der Waals surface area contributed by atoms with Crippen LogP contribution in [0, 0.1) is 23.2 Å². The molecule has 4 aliphatic rings. The van der Waals surface area contributed by atoms with Crippen LogP contribution in [0.1, 0.15) is 144 Å². The van der Waals surface area contributed by atoms with Crippen LogP contribution >= 0.6 is 0 Å². The molecule has 4 aliphatic carbocycles. The van der Waals surface area contributed by atoms with E-state index in [-0.39, 0.29) is 33.1 Å². The Morgan fingerprint density at radius 1 is 0.849 bits per heavy atom. The summed E-state index contributed by atoms with van der Waals surface area (Å²) in [5, 5.41) is 11.8. The van der Waals surface area contributed by atoms with Crippen molar-refractivity contribution >= 4 is 16.6 Å². The van der Waals surface area contributed by atoms with E-state index in [1.54, 1.807) is 5.57 Å². The van der Waals surface area contributed by atoms with Crippen LogP contribution in [0.4, 0.5) is 0 Å². The van der Waals surface area contributed by atoms with Crippen molar-refractivity contribution in [3.63, 3.8) is 0 Å². The molecule has 1 N–H and O–H groups in total. The third-order valence-corrected chi connectivity index (χ3v) is 24.5. The molecule has 0 saturated heterocycles. The van der Waals surface area contributed by atoms with E-state index in [9.17, 15) is 5.11 Å². The van der Waals surface area contributed by atoms with Crippen molar-refractivity contribution in [1.82, 2.24) is 0 Å². The molecule has 1 aromatic rings. The molecule has 0 amide bonds. The van der Waals surface area contributed by atoms with Gasteiger partial charge in [-0.25, -0.2) is 0 Å². The minimum absolute atomic E-state index is 0.00806. The maximum atomic E-state index is 11.5. The lowest BCUT2D eigenvalue weighted by atomic mass is 9.61. The number of allylic oxidation sites excluding steroid dienone is 4. The Morgan fingerprint density at radius 3 is 2.02 bits per heavy atom. The van der Waals surface area contributed by atoms with Crippen LogP contribution < -0.4 is 0 Å². The van der Waals surface area contributed by atoms with Crippen molar-refractivity contribution in [2.75, 3.05) is 0 Å². The molecule has 0 spiro atoms. The quantitative estimate of drug-likeness (QED) is 0.180. The number of benzene rings is 1. The fraction of sp³-hybridized carbons (Fsp3) is 0.708. The second-order valence-corrected chi connectivity index (χ2v) is 31.0. The average molecular weight is 759 g/mol. The van der Waals surface area contributed by atoms with Gasteiger partial charge in [0, 0.05) is 11.8 Å². The van der Waals surface area contributed by atoms with Gasteiger partial charge in [0.2, 0.25) is 0 Å². The van der Waals surface area contributed by atoms with Crippen LogP contribution in [0.5, 0.6) is 0 Å². The van der Waals surface area contributed by atoms with Crippen molar-refractivity contribution in [3.8, 4) is 0 Å². The molecule has 0 aliphatic heterocycles. The van der Waals surface area contributed by atoms with Crippen LogP contribution in [-0.4, -0.2) is 40.1 Å². The number of rotatable bonds is 11. The lowest BCUT2D eigenvalue weighted by molar-refractivity contribution is 0.0969. The molecule has 0 bridgehead atoms. The second kappa shape index (κ2) is 15.4. The highest BCUT2D eigenvalue weighted by Crippen LogP contribution is 2.60. The Balaban J connectivity index is 1.33. The summed E-state index contributed by atoms with van der Waals surface area (Å²) in [6, 6.07) is 9.05. The molecule has 0 unspecified atom stereocenters. The molecule has 4 fully saturated rings. The van der Waals surface area contributed by atoms with Gasteiger partial charge in [0.15, 0.2) is 16.6 Å². The van der Waals surface area contributed by atoms with Crippen LogP contribution in [0.2, 0.25) is 36.3 Å². The molecular weight excluding hydrogens is 681 g/mol. The minimum atomic E-state index is -2.00. The fourth-order valence-corrected chi connectivity index (χ4v) is 12.3. The summed E-state index contributed by atoms with van der Waals surface area (Å²) < 4.78 is 14.2. The van der Waals surface area contributed by atoms with E-state index in [1.165, 1.54) is 54.4 Å². The van der Waals surface area contributed by atoms with Crippen LogP contribution in [0.3, 0.4) is 0 Å². The van der Waals surface area contributed by atoms with Crippen molar-refractivity contribution in [2.45, 2.75) is 193 Å². The summed E-state index contributed by atoms with van der Waals surface area (Å²) in [7, 11) is -3.96. The van der Waals surface area contributed by atoms with Gasteiger partial charge in [0.05, 0.1) is 18.3 Å². The smallest absolute Gasteiger partial charge is 0.192 e. The van der Waals surface area contributed by atoms with Gasteiger partial charge in [-0.05, 0) is 139 Å². The lowest BCUT2D eigenvalue weighted by Gasteiger charge is -2.45. The van der Waals surface area contributed by atoms with Gasteiger partial charge in [-0.2, -0.15) is 0 Å². The zero-order chi connectivity index (χ0) is 39.4. The van der Waals surface area contributed by atoms with E-state index in [1.807, 2.05) is 0 Å². The molecule has 1 aromatic carbocycles. The molecule has 0 heterocycles. The van der Waals surface area contributed by atoms with Gasteiger partial charge in [-0.15, -0.1) is 0 Å². The van der Waals surface area contributed by atoms with Crippen molar-refractivity contribution in [2.24, 2.45) is 23.2 Å². The van der Waals surface area contributed by atoms with Gasteiger partial charge >= 0.3 is 0 Å². The number of aliphatic hydroxyl groups is 1. The van der Waals surface area contributed by atoms with E-state index in [0.29, 0.717) is 23.7 Å². The number of aliphatic hydroxyl groups excluding tert-OH is 1. The molecule has 3 nitrogen and oxygen atoms in total. The van der Waals surface area contributed by atoms with Gasteiger partial charge in [-0.3, -0.25) is 0 Å². The van der Waals surface area contributed by atoms with E-state index >= 15 is 0 Å². The first-order chi connectivity index (χ1) is 24.4. The molecule has 5 heteroatoms. The fourth-order valence-electron chi connectivity index (χ4n) is 9.60. The normalized spacial score (nSPS) is 31.1.